The van der Waals surface area contributed by atoms with Gasteiger partial charge in [0.25, 0.3) is 0 Å². The van der Waals surface area contributed by atoms with Gasteiger partial charge >= 0.3 is 0 Å². The third kappa shape index (κ3) is 4.62. The van der Waals surface area contributed by atoms with Gasteiger partial charge in [-0.05, 0) is 38.0 Å². The standard InChI is InChI=1S/C25H30ClN7OS2/c1-16-22(27)25(15-34-16)5-8-32(9-6-25)19-14-29-23-17(30-19)2-3-20(31-23)36-18-4-7-28-24(21(18)26)33-10-12-35-13-11-33/h2-4,7,14,16,22H,5-6,8-13,15,27H2,1H3/t16-,22+/m0/s1. The van der Waals surface area contributed by atoms with E-state index in [9.17, 15) is 0 Å². The van der Waals surface area contributed by atoms with E-state index in [1.807, 2.05) is 42.4 Å². The predicted molar refractivity (Wildman–Crippen MR) is 148 cm³/mol. The maximum absolute atomic E-state index is 6.77. The highest BCUT2D eigenvalue weighted by Crippen LogP contribution is 2.42. The van der Waals surface area contributed by atoms with Crippen molar-refractivity contribution in [3.63, 3.8) is 0 Å². The van der Waals surface area contributed by atoms with Crippen molar-refractivity contribution in [1.82, 2.24) is 19.9 Å². The third-order valence-corrected chi connectivity index (χ3v) is 10.1. The molecule has 0 aromatic carbocycles. The molecule has 3 aromatic heterocycles. The van der Waals surface area contributed by atoms with Crippen molar-refractivity contribution in [1.29, 1.82) is 0 Å². The summed E-state index contributed by atoms with van der Waals surface area (Å²) >= 11 is 10.3. The van der Waals surface area contributed by atoms with Crippen LogP contribution in [0.15, 0.2) is 40.5 Å². The molecule has 3 fully saturated rings. The summed E-state index contributed by atoms with van der Waals surface area (Å²) in [5, 5.41) is 1.52. The second-order valence-corrected chi connectivity index (χ2v) is 12.4. The maximum Gasteiger partial charge on any atom is 0.179 e. The zero-order valence-corrected chi connectivity index (χ0v) is 22.7. The molecule has 6 heterocycles. The fourth-order valence-corrected chi connectivity index (χ4v) is 7.40. The second-order valence-electron chi connectivity index (χ2n) is 9.76. The van der Waals surface area contributed by atoms with E-state index in [4.69, 9.17) is 32.0 Å². The summed E-state index contributed by atoms with van der Waals surface area (Å²) in [7, 11) is 0. The van der Waals surface area contributed by atoms with Crippen LogP contribution in [-0.2, 0) is 4.74 Å². The van der Waals surface area contributed by atoms with E-state index >= 15 is 0 Å². The van der Waals surface area contributed by atoms with Crippen LogP contribution in [0.1, 0.15) is 19.8 Å². The molecule has 0 amide bonds. The summed E-state index contributed by atoms with van der Waals surface area (Å²) in [6, 6.07) is 6.03. The first-order valence-corrected chi connectivity index (χ1v) is 14.8. The molecule has 11 heteroatoms. The fourth-order valence-electron chi connectivity index (χ4n) is 5.34. The molecule has 2 N–H and O–H groups in total. The average molecular weight is 544 g/mol. The number of hydrogen-bond donors (Lipinski definition) is 1. The number of anilines is 2. The van der Waals surface area contributed by atoms with Crippen molar-refractivity contribution in [2.75, 3.05) is 54.1 Å². The minimum atomic E-state index is 0.0922. The van der Waals surface area contributed by atoms with Gasteiger partial charge in [-0.2, -0.15) is 11.8 Å². The minimum absolute atomic E-state index is 0.0922. The monoisotopic (exact) mass is 543 g/mol. The van der Waals surface area contributed by atoms with Crippen LogP contribution in [0.5, 0.6) is 0 Å². The van der Waals surface area contributed by atoms with Crippen LogP contribution >= 0.6 is 35.1 Å². The summed E-state index contributed by atoms with van der Waals surface area (Å²) in [5.41, 5.74) is 7.99. The van der Waals surface area contributed by atoms with Crippen molar-refractivity contribution in [2.24, 2.45) is 11.1 Å². The zero-order chi connectivity index (χ0) is 24.7. The number of halogens is 1. The zero-order valence-electron chi connectivity index (χ0n) is 20.3. The van der Waals surface area contributed by atoms with Gasteiger partial charge < -0.3 is 20.3 Å². The second kappa shape index (κ2) is 10.1. The molecule has 0 unspecified atom stereocenters. The number of piperidine rings is 1. The Bertz CT molecular complexity index is 1250. The van der Waals surface area contributed by atoms with Crippen LogP contribution in [0.2, 0.25) is 5.02 Å². The van der Waals surface area contributed by atoms with E-state index in [1.165, 1.54) is 11.8 Å². The molecule has 1 spiro atoms. The van der Waals surface area contributed by atoms with Crippen molar-refractivity contribution >= 4 is 57.9 Å². The largest absolute Gasteiger partial charge is 0.376 e. The van der Waals surface area contributed by atoms with E-state index in [1.54, 1.807) is 0 Å². The molecule has 3 aliphatic rings. The Hall–Kier alpha value is -1.85. The molecule has 36 heavy (non-hydrogen) atoms. The Kier molecular flexibility index (Phi) is 6.89. The molecule has 0 aliphatic carbocycles. The van der Waals surface area contributed by atoms with Crippen LogP contribution in [0, 0.1) is 5.41 Å². The minimum Gasteiger partial charge on any atom is -0.376 e. The maximum atomic E-state index is 6.77. The van der Waals surface area contributed by atoms with Gasteiger partial charge in [-0.25, -0.2) is 19.9 Å². The molecule has 3 aliphatic heterocycles. The molecule has 0 saturated carbocycles. The SMILES string of the molecule is C[C@@H]1OCC2(CCN(c3cnc4nc(Sc5ccnc(N6CCSCC6)c5Cl)ccc4n3)CC2)[C@@H]1N. The molecular weight excluding hydrogens is 514 g/mol. The number of thioether (sulfide) groups is 1. The Balaban J connectivity index is 1.17. The quantitative estimate of drug-likeness (QED) is 0.518. The smallest absolute Gasteiger partial charge is 0.179 e. The first-order valence-electron chi connectivity index (χ1n) is 12.4. The third-order valence-electron chi connectivity index (χ3n) is 7.66. The Morgan fingerprint density at radius 2 is 1.89 bits per heavy atom. The molecule has 6 rings (SSSR count). The van der Waals surface area contributed by atoms with Gasteiger partial charge in [0.05, 0.1) is 23.9 Å². The molecule has 8 nitrogen and oxygen atoms in total. The van der Waals surface area contributed by atoms with Crippen LogP contribution in [-0.4, -0.2) is 76.4 Å². The number of pyridine rings is 2. The van der Waals surface area contributed by atoms with Crippen LogP contribution < -0.4 is 15.5 Å². The molecule has 3 saturated heterocycles. The van der Waals surface area contributed by atoms with Crippen molar-refractivity contribution < 1.29 is 4.74 Å². The van der Waals surface area contributed by atoms with E-state index in [-0.39, 0.29) is 17.6 Å². The number of aromatic nitrogens is 4. The Morgan fingerprint density at radius 1 is 1.08 bits per heavy atom. The lowest BCUT2D eigenvalue weighted by molar-refractivity contribution is 0.0974. The summed E-state index contributed by atoms with van der Waals surface area (Å²) in [6.45, 7) is 6.59. The summed E-state index contributed by atoms with van der Waals surface area (Å²) in [6.07, 6.45) is 5.81. The summed E-state index contributed by atoms with van der Waals surface area (Å²) < 4.78 is 5.86. The van der Waals surface area contributed by atoms with Crippen LogP contribution in [0.25, 0.3) is 11.2 Å². The predicted octanol–water partition coefficient (Wildman–Crippen LogP) is 4.11. The average Bonchev–Trinajstić information content (AvgIpc) is 3.19. The number of fused-ring (bicyclic) bond motifs is 1. The lowest BCUT2D eigenvalue weighted by Gasteiger charge is -2.41. The molecular formula is C25H30ClN7OS2. The van der Waals surface area contributed by atoms with Gasteiger partial charge in [0.15, 0.2) is 5.65 Å². The van der Waals surface area contributed by atoms with E-state index in [0.29, 0.717) is 10.7 Å². The fraction of sp³-hybridized carbons (Fsp3) is 0.520. The molecule has 2 atom stereocenters. The highest BCUT2D eigenvalue weighted by molar-refractivity contribution is 7.99. The van der Waals surface area contributed by atoms with E-state index in [2.05, 4.69) is 26.7 Å². The van der Waals surface area contributed by atoms with E-state index in [0.717, 1.165) is 84.2 Å². The van der Waals surface area contributed by atoms with Crippen molar-refractivity contribution in [3.8, 4) is 0 Å². The van der Waals surface area contributed by atoms with Gasteiger partial charge in [-0.15, -0.1) is 0 Å². The summed E-state index contributed by atoms with van der Waals surface area (Å²) in [4.78, 5) is 24.3. The topological polar surface area (TPSA) is 93.3 Å². The molecule has 3 aromatic rings. The number of nitrogens with zero attached hydrogens (tertiary/aromatic N) is 6. The Labute approximate surface area is 224 Å². The van der Waals surface area contributed by atoms with Crippen LogP contribution in [0.4, 0.5) is 11.6 Å². The van der Waals surface area contributed by atoms with Gasteiger partial charge in [-0.1, -0.05) is 23.4 Å². The van der Waals surface area contributed by atoms with Gasteiger partial charge in [0.1, 0.15) is 22.2 Å². The lowest BCUT2D eigenvalue weighted by atomic mass is 9.73. The number of ether oxygens (including phenoxy) is 1. The molecule has 0 bridgehead atoms. The van der Waals surface area contributed by atoms with Crippen molar-refractivity contribution in [2.45, 2.75) is 41.8 Å². The van der Waals surface area contributed by atoms with E-state index < -0.39 is 0 Å². The summed E-state index contributed by atoms with van der Waals surface area (Å²) in [5.74, 6) is 3.94. The highest BCUT2D eigenvalue weighted by Gasteiger charge is 2.47. The van der Waals surface area contributed by atoms with Gasteiger partial charge in [0, 0.05) is 60.2 Å². The first-order chi connectivity index (χ1) is 17.5. The van der Waals surface area contributed by atoms with Crippen LogP contribution in [0.3, 0.4) is 0 Å². The van der Waals surface area contributed by atoms with Crippen molar-refractivity contribution in [3.05, 3.63) is 35.6 Å². The van der Waals surface area contributed by atoms with Gasteiger partial charge in [-0.3, -0.25) is 0 Å². The lowest BCUT2D eigenvalue weighted by Crippen LogP contribution is -2.50. The normalized spacial score (nSPS) is 24.1. The molecule has 0 radical (unpaired) electrons. The molecule has 190 valence electrons. The van der Waals surface area contributed by atoms with Gasteiger partial charge in [0.2, 0.25) is 0 Å². The first kappa shape index (κ1) is 24.5. The number of hydrogen-bond acceptors (Lipinski definition) is 10. The Morgan fingerprint density at radius 3 is 2.64 bits per heavy atom. The highest BCUT2D eigenvalue weighted by atomic mass is 35.5. The number of rotatable bonds is 4. The number of nitrogens with two attached hydrogens (primary N) is 1.